The fourth-order valence-electron chi connectivity index (χ4n) is 2.43. The number of hydrogen-bond donors (Lipinski definition) is 2. The molecular formula is C14H15N3O2S. The average Bonchev–Trinajstić information content (AvgIpc) is 3.12. The molecular weight excluding hydrogens is 274 g/mol. The van der Waals surface area contributed by atoms with Crippen molar-refractivity contribution < 1.29 is 9.59 Å². The Morgan fingerprint density at radius 1 is 1.40 bits per heavy atom. The lowest BCUT2D eigenvalue weighted by Gasteiger charge is -2.22. The minimum atomic E-state index is -0.383. The summed E-state index contributed by atoms with van der Waals surface area (Å²) in [6, 6.07) is 7.29. The maximum atomic E-state index is 12.7. The van der Waals surface area contributed by atoms with Crippen LogP contribution in [0.2, 0.25) is 0 Å². The van der Waals surface area contributed by atoms with Crippen molar-refractivity contribution in [2.24, 2.45) is 0 Å². The predicted octanol–water partition coefficient (Wildman–Crippen LogP) is 1.43. The second-order valence-electron chi connectivity index (χ2n) is 4.65. The van der Waals surface area contributed by atoms with Crippen molar-refractivity contribution in [2.45, 2.75) is 6.04 Å². The summed E-state index contributed by atoms with van der Waals surface area (Å²) < 4.78 is 0. The van der Waals surface area contributed by atoms with Gasteiger partial charge in [-0.1, -0.05) is 18.2 Å². The first-order valence-corrected chi connectivity index (χ1v) is 7.54. The van der Waals surface area contributed by atoms with Gasteiger partial charge in [0, 0.05) is 29.9 Å². The van der Waals surface area contributed by atoms with E-state index in [-0.39, 0.29) is 17.9 Å². The molecule has 0 aliphatic carbocycles. The van der Waals surface area contributed by atoms with Gasteiger partial charge in [-0.15, -0.1) is 11.8 Å². The second kappa shape index (κ2) is 5.20. The molecule has 0 bridgehead atoms. The van der Waals surface area contributed by atoms with Gasteiger partial charge in [-0.2, -0.15) is 0 Å². The number of amides is 2. The van der Waals surface area contributed by atoms with Crippen LogP contribution in [0.5, 0.6) is 0 Å². The number of thioether (sulfide) groups is 1. The summed E-state index contributed by atoms with van der Waals surface area (Å²) in [4.78, 5) is 29.2. The lowest BCUT2D eigenvalue weighted by molar-refractivity contribution is -0.123. The molecule has 3 rings (SSSR count). The van der Waals surface area contributed by atoms with E-state index >= 15 is 0 Å². The van der Waals surface area contributed by atoms with Crippen molar-refractivity contribution in [3.05, 3.63) is 36.0 Å². The molecule has 1 atom stereocenters. The highest BCUT2D eigenvalue weighted by Crippen LogP contribution is 2.26. The van der Waals surface area contributed by atoms with Crippen molar-refractivity contribution in [3.8, 4) is 0 Å². The zero-order valence-corrected chi connectivity index (χ0v) is 11.9. The minimum Gasteiger partial charge on any atom is -0.360 e. The smallest absolute Gasteiger partial charge is 0.257 e. The van der Waals surface area contributed by atoms with Crippen LogP contribution in [0.3, 0.4) is 0 Å². The van der Waals surface area contributed by atoms with Crippen molar-refractivity contribution in [3.63, 3.8) is 0 Å². The quantitative estimate of drug-likeness (QED) is 0.879. The van der Waals surface area contributed by atoms with Crippen LogP contribution in [-0.4, -0.2) is 46.4 Å². The number of nitrogens with zero attached hydrogens (tertiary/aromatic N) is 1. The third-order valence-corrected chi connectivity index (χ3v) is 4.52. The third kappa shape index (κ3) is 2.06. The predicted molar refractivity (Wildman–Crippen MR) is 79.6 cm³/mol. The van der Waals surface area contributed by atoms with Crippen LogP contribution in [0.15, 0.2) is 30.5 Å². The molecule has 1 aromatic heterocycles. The Labute approximate surface area is 120 Å². The molecule has 0 saturated carbocycles. The highest BCUT2D eigenvalue weighted by molar-refractivity contribution is 7.99. The molecule has 1 aliphatic rings. The minimum absolute atomic E-state index is 0.0962. The lowest BCUT2D eigenvalue weighted by Crippen LogP contribution is -2.46. The normalized spacial score (nSPS) is 18.4. The van der Waals surface area contributed by atoms with Crippen LogP contribution in [0, 0.1) is 0 Å². The molecule has 5 nitrogen and oxygen atoms in total. The van der Waals surface area contributed by atoms with E-state index in [1.54, 1.807) is 29.9 Å². The molecule has 2 N–H and O–H groups in total. The molecule has 1 saturated heterocycles. The van der Waals surface area contributed by atoms with E-state index < -0.39 is 0 Å². The van der Waals surface area contributed by atoms with Gasteiger partial charge < -0.3 is 15.2 Å². The highest BCUT2D eigenvalue weighted by Gasteiger charge is 2.35. The van der Waals surface area contributed by atoms with E-state index in [1.165, 1.54) is 0 Å². The van der Waals surface area contributed by atoms with E-state index in [4.69, 9.17) is 0 Å². The molecule has 0 radical (unpaired) electrons. The van der Waals surface area contributed by atoms with Crippen molar-refractivity contribution in [2.75, 3.05) is 18.7 Å². The van der Waals surface area contributed by atoms with Crippen LogP contribution in [-0.2, 0) is 4.79 Å². The van der Waals surface area contributed by atoms with E-state index in [9.17, 15) is 9.59 Å². The topological polar surface area (TPSA) is 65.2 Å². The standard InChI is InChI=1S/C14H15N3O2S/c1-15-13(18)12-7-20-8-17(12)14(19)10-6-16-11-5-3-2-4-9(10)11/h2-6,12,16H,7-8H2,1H3,(H,15,18)/t12-/m0/s1. The van der Waals surface area contributed by atoms with E-state index in [2.05, 4.69) is 10.3 Å². The lowest BCUT2D eigenvalue weighted by atomic mass is 10.1. The Bertz CT molecular complexity index is 667. The number of para-hydroxylation sites is 1. The Kier molecular flexibility index (Phi) is 3.40. The van der Waals surface area contributed by atoms with Crippen LogP contribution in [0.4, 0.5) is 0 Å². The SMILES string of the molecule is CNC(=O)[C@@H]1CSCN1C(=O)c1c[nH]c2ccccc12. The summed E-state index contributed by atoms with van der Waals surface area (Å²) in [6.07, 6.45) is 1.72. The molecule has 20 heavy (non-hydrogen) atoms. The summed E-state index contributed by atoms with van der Waals surface area (Å²) in [5.41, 5.74) is 1.55. The molecule has 104 valence electrons. The van der Waals surface area contributed by atoms with Crippen molar-refractivity contribution in [1.82, 2.24) is 15.2 Å². The number of H-pyrrole nitrogens is 1. The number of likely N-dealkylation sites (N-methyl/N-ethyl adjacent to an activating group) is 1. The number of rotatable bonds is 2. The summed E-state index contributed by atoms with van der Waals surface area (Å²) in [6.45, 7) is 0. The number of nitrogens with one attached hydrogen (secondary N) is 2. The number of hydrogen-bond acceptors (Lipinski definition) is 3. The van der Waals surface area contributed by atoms with Gasteiger partial charge in [0.2, 0.25) is 5.91 Å². The van der Waals surface area contributed by atoms with Gasteiger partial charge in [0.25, 0.3) is 5.91 Å². The fraction of sp³-hybridized carbons (Fsp3) is 0.286. The Morgan fingerprint density at radius 3 is 3.00 bits per heavy atom. The number of carbonyl (C=O) groups excluding carboxylic acids is 2. The zero-order chi connectivity index (χ0) is 14.1. The molecule has 6 heteroatoms. The Hall–Kier alpha value is -1.95. The summed E-state index contributed by atoms with van der Waals surface area (Å²) in [5.74, 6) is 0.994. The molecule has 0 unspecified atom stereocenters. The average molecular weight is 289 g/mol. The molecule has 1 aromatic carbocycles. The first-order chi connectivity index (χ1) is 9.72. The van der Waals surface area contributed by atoms with Crippen molar-refractivity contribution >= 4 is 34.5 Å². The van der Waals surface area contributed by atoms with E-state index in [1.807, 2.05) is 24.3 Å². The summed E-state index contributed by atoms with van der Waals surface area (Å²) in [5, 5.41) is 3.51. The van der Waals surface area contributed by atoms with Gasteiger partial charge in [0.1, 0.15) is 6.04 Å². The molecule has 0 spiro atoms. The molecule has 2 heterocycles. The first kappa shape index (κ1) is 13.1. The van der Waals surface area contributed by atoms with Gasteiger partial charge in [-0.3, -0.25) is 9.59 Å². The summed E-state index contributed by atoms with van der Waals surface area (Å²) in [7, 11) is 1.60. The van der Waals surface area contributed by atoms with Gasteiger partial charge in [-0.25, -0.2) is 0 Å². The highest BCUT2D eigenvalue weighted by atomic mass is 32.2. The van der Waals surface area contributed by atoms with Crippen molar-refractivity contribution in [1.29, 1.82) is 0 Å². The van der Waals surface area contributed by atoms with E-state index in [0.29, 0.717) is 17.2 Å². The van der Waals surface area contributed by atoms with Gasteiger partial charge in [0.05, 0.1) is 11.4 Å². The largest absolute Gasteiger partial charge is 0.360 e. The monoisotopic (exact) mass is 289 g/mol. The number of carbonyl (C=O) groups is 2. The second-order valence-corrected chi connectivity index (χ2v) is 5.65. The van der Waals surface area contributed by atoms with Gasteiger partial charge >= 0.3 is 0 Å². The van der Waals surface area contributed by atoms with Crippen LogP contribution < -0.4 is 5.32 Å². The third-order valence-electron chi connectivity index (χ3n) is 3.51. The first-order valence-electron chi connectivity index (χ1n) is 6.39. The number of benzene rings is 1. The number of aromatic nitrogens is 1. The zero-order valence-electron chi connectivity index (χ0n) is 11.1. The fourth-order valence-corrected chi connectivity index (χ4v) is 3.58. The van der Waals surface area contributed by atoms with E-state index in [0.717, 1.165) is 10.9 Å². The van der Waals surface area contributed by atoms with Gasteiger partial charge in [-0.05, 0) is 6.07 Å². The van der Waals surface area contributed by atoms with Gasteiger partial charge in [0.15, 0.2) is 0 Å². The maximum absolute atomic E-state index is 12.7. The van der Waals surface area contributed by atoms with Crippen LogP contribution in [0.1, 0.15) is 10.4 Å². The molecule has 2 aromatic rings. The maximum Gasteiger partial charge on any atom is 0.257 e. The van der Waals surface area contributed by atoms with Crippen LogP contribution >= 0.6 is 11.8 Å². The molecule has 2 amide bonds. The summed E-state index contributed by atoms with van der Waals surface area (Å²) >= 11 is 1.60. The molecule has 1 aliphatic heterocycles. The Morgan fingerprint density at radius 2 is 2.20 bits per heavy atom. The Balaban J connectivity index is 1.94. The molecule has 1 fully saturated rings. The number of fused-ring (bicyclic) bond motifs is 1. The number of aromatic amines is 1. The van der Waals surface area contributed by atoms with Crippen LogP contribution in [0.25, 0.3) is 10.9 Å².